The molecule has 0 aliphatic carbocycles. The second-order valence-electron chi connectivity index (χ2n) is 9.60. The molecular weight excluding hydrogens is 442 g/mol. The van der Waals surface area contributed by atoms with Gasteiger partial charge in [0.2, 0.25) is 5.91 Å². The summed E-state index contributed by atoms with van der Waals surface area (Å²) in [7, 11) is 0. The van der Waals surface area contributed by atoms with Crippen molar-refractivity contribution >= 4 is 29.1 Å². The van der Waals surface area contributed by atoms with Gasteiger partial charge in [0.25, 0.3) is 0 Å². The van der Waals surface area contributed by atoms with Crippen LogP contribution in [-0.2, 0) is 11.2 Å². The number of pyridine rings is 1. The van der Waals surface area contributed by atoms with Crippen LogP contribution in [0.3, 0.4) is 0 Å². The number of carbonyl (C=O) groups excluding carboxylic acids is 1. The topological polar surface area (TPSA) is 54.4 Å². The number of amides is 1. The predicted octanol–water partition coefficient (Wildman–Crippen LogP) is 7.98. The van der Waals surface area contributed by atoms with Gasteiger partial charge in [0.1, 0.15) is 0 Å². The van der Waals surface area contributed by atoms with Gasteiger partial charge in [-0.3, -0.25) is 14.8 Å². The fourth-order valence-corrected chi connectivity index (χ4v) is 3.71. The highest BCUT2D eigenvalue weighted by atomic mass is 16.1. The Balaban J connectivity index is 1.71. The van der Waals surface area contributed by atoms with Crippen LogP contribution < -0.4 is 5.32 Å². The molecule has 1 atom stereocenters. The smallest absolute Gasteiger partial charge is 0.228 e. The maximum absolute atomic E-state index is 12.8. The Morgan fingerprint density at radius 1 is 1.11 bits per heavy atom. The molecule has 1 aliphatic rings. The van der Waals surface area contributed by atoms with E-state index in [4.69, 9.17) is 0 Å². The van der Waals surface area contributed by atoms with Crippen LogP contribution >= 0.6 is 0 Å². The third-order valence-electron chi connectivity index (χ3n) is 6.16. The molecule has 0 bridgehead atoms. The summed E-state index contributed by atoms with van der Waals surface area (Å²) >= 11 is 0. The molecule has 2 aromatic rings. The average Bonchev–Trinajstić information content (AvgIpc) is 3.02. The van der Waals surface area contributed by atoms with Gasteiger partial charge in [-0.25, -0.2) is 0 Å². The molecule has 1 aromatic heterocycles. The third-order valence-corrected chi connectivity index (χ3v) is 6.16. The van der Waals surface area contributed by atoms with E-state index in [9.17, 15) is 4.79 Å². The van der Waals surface area contributed by atoms with Gasteiger partial charge in [-0.2, -0.15) is 0 Å². The molecule has 0 saturated heterocycles. The number of rotatable bonds is 8. The highest BCUT2D eigenvalue weighted by Gasteiger charge is 2.10. The van der Waals surface area contributed by atoms with Crippen LogP contribution in [0.15, 0.2) is 94.7 Å². The van der Waals surface area contributed by atoms with Gasteiger partial charge in [0.15, 0.2) is 0 Å². The molecule has 1 amide bonds. The molecule has 186 valence electrons. The van der Waals surface area contributed by atoms with Crippen molar-refractivity contribution in [2.75, 3.05) is 5.32 Å². The molecule has 0 spiro atoms. The maximum atomic E-state index is 12.8. The summed E-state index contributed by atoms with van der Waals surface area (Å²) in [6.45, 7) is 12.7. The summed E-state index contributed by atoms with van der Waals surface area (Å²) in [6.07, 6.45) is 15.5. The lowest BCUT2D eigenvalue weighted by atomic mass is 9.99. The fourth-order valence-electron chi connectivity index (χ4n) is 3.71. The lowest BCUT2D eigenvalue weighted by molar-refractivity contribution is -0.115. The van der Waals surface area contributed by atoms with Crippen LogP contribution in [0.5, 0.6) is 0 Å². The summed E-state index contributed by atoms with van der Waals surface area (Å²) < 4.78 is 0. The van der Waals surface area contributed by atoms with Crippen molar-refractivity contribution in [1.29, 1.82) is 0 Å². The summed E-state index contributed by atoms with van der Waals surface area (Å²) in [5, 5.41) is 2.97. The van der Waals surface area contributed by atoms with Crippen molar-refractivity contribution in [2.24, 2.45) is 10.9 Å². The number of hydrogen-bond acceptors (Lipinski definition) is 3. The predicted molar refractivity (Wildman–Crippen MR) is 154 cm³/mol. The third kappa shape index (κ3) is 7.88. The van der Waals surface area contributed by atoms with E-state index in [1.807, 2.05) is 36.6 Å². The number of aliphatic imine (C=N–C) groups is 1. The van der Waals surface area contributed by atoms with E-state index in [0.717, 1.165) is 34.5 Å². The van der Waals surface area contributed by atoms with Gasteiger partial charge in [-0.1, -0.05) is 73.1 Å². The van der Waals surface area contributed by atoms with Crippen molar-refractivity contribution in [3.05, 3.63) is 107 Å². The quantitative estimate of drug-likeness (QED) is 0.390. The number of aromatic nitrogens is 1. The van der Waals surface area contributed by atoms with Crippen molar-refractivity contribution in [1.82, 2.24) is 4.98 Å². The van der Waals surface area contributed by atoms with E-state index in [2.05, 4.69) is 93.3 Å². The Bertz CT molecular complexity index is 1270. The van der Waals surface area contributed by atoms with Gasteiger partial charge >= 0.3 is 0 Å². The molecule has 0 saturated carbocycles. The Morgan fingerprint density at radius 3 is 2.61 bits per heavy atom. The molecule has 2 heterocycles. The van der Waals surface area contributed by atoms with Crippen LogP contribution in [-0.4, -0.2) is 17.1 Å². The van der Waals surface area contributed by atoms with E-state index in [-0.39, 0.29) is 5.91 Å². The SMILES string of the molecule is CCC(C)=C/C=C(\C=C(C)C)c1cccc(CC(=O)Nc2ccc(C3=CC(C)C(C)=CC=N3)nc2)c1. The lowest BCUT2D eigenvalue weighted by Gasteiger charge is -2.09. The van der Waals surface area contributed by atoms with E-state index in [0.29, 0.717) is 18.0 Å². The first-order valence-corrected chi connectivity index (χ1v) is 12.6. The number of hydrogen-bond donors (Lipinski definition) is 1. The highest BCUT2D eigenvalue weighted by Crippen LogP contribution is 2.24. The molecule has 1 N–H and O–H groups in total. The van der Waals surface area contributed by atoms with Gasteiger partial charge in [-0.15, -0.1) is 0 Å². The molecular formula is C32H37N3O. The molecule has 1 aliphatic heterocycles. The van der Waals surface area contributed by atoms with Crippen LogP contribution in [0.1, 0.15) is 64.8 Å². The van der Waals surface area contributed by atoms with Crippen molar-refractivity contribution in [3.63, 3.8) is 0 Å². The van der Waals surface area contributed by atoms with Gasteiger partial charge < -0.3 is 5.32 Å². The molecule has 3 rings (SSSR count). The number of nitrogens with zero attached hydrogens (tertiary/aromatic N) is 2. The Labute approximate surface area is 216 Å². The molecule has 4 heteroatoms. The van der Waals surface area contributed by atoms with Gasteiger partial charge in [-0.05, 0) is 81.0 Å². The summed E-state index contributed by atoms with van der Waals surface area (Å²) in [6, 6.07) is 12.0. The number of anilines is 1. The van der Waals surface area contributed by atoms with Crippen molar-refractivity contribution in [2.45, 2.75) is 54.4 Å². The van der Waals surface area contributed by atoms with E-state index >= 15 is 0 Å². The fraction of sp³-hybridized carbons (Fsp3) is 0.281. The zero-order chi connectivity index (χ0) is 26.1. The summed E-state index contributed by atoms with van der Waals surface area (Å²) in [5.74, 6) is 0.231. The minimum absolute atomic E-state index is 0.0729. The van der Waals surface area contributed by atoms with E-state index in [1.54, 1.807) is 6.20 Å². The van der Waals surface area contributed by atoms with Crippen molar-refractivity contribution in [3.8, 4) is 0 Å². The Hall–Kier alpha value is -3.79. The maximum Gasteiger partial charge on any atom is 0.228 e. The zero-order valence-corrected chi connectivity index (χ0v) is 22.3. The van der Waals surface area contributed by atoms with E-state index < -0.39 is 0 Å². The molecule has 36 heavy (non-hydrogen) atoms. The lowest BCUT2D eigenvalue weighted by Crippen LogP contribution is -2.14. The minimum atomic E-state index is -0.0729. The largest absolute Gasteiger partial charge is 0.324 e. The van der Waals surface area contributed by atoms with Crippen LogP contribution in [0.25, 0.3) is 11.3 Å². The molecule has 1 unspecified atom stereocenters. The normalized spacial score (nSPS) is 16.1. The Kier molecular flexibility index (Phi) is 9.52. The number of nitrogens with one attached hydrogen (secondary N) is 1. The second kappa shape index (κ2) is 12.8. The second-order valence-corrected chi connectivity index (χ2v) is 9.60. The monoisotopic (exact) mass is 479 g/mol. The molecule has 0 radical (unpaired) electrons. The highest BCUT2D eigenvalue weighted by molar-refractivity contribution is 5.92. The summed E-state index contributed by atoms with van der Waals surface area (Å²) in [5.41, 5.74) is 9.33. The first kappa shape index (κ1) is 26.8. The Morgan fingerprint density at radius 2 is 1.92 bits per heavy atom. The van der Waals surface area contributed by atoms with Crippen molar-refractivity contribution < 1.29 is 4.79 Å². The number of carbonyl (C=O) groups is 1. The average molecular weight is 480 g/mol. The zero-order valence-electron chi connectivity index (χ0n) is 22.3. The minimum Gasteiger partial charge on any atom is -0.324 e. The number of allylic oxidation sites excluding steroid dienone is 9. The standard InChI is InChI=1S/C32H37N3O/c1-7-23(4)11-12-28(17-22(2)3)27-10-8-9-26(19-27)20-32(36)35-29-13-14-30(34-21-29)31-18-25(6)24(5)15-16-33-31/h8-19,21,25H,7,20H2,1-6H3,(H,35,36)/b23-11?,28-12+. The number of benzene rings is 1. The molecule has 4 nitrogen and oxygen atoms in total. The summed E-state index contributed by atoms with van der Waals surface area (Å²) in [4.78, 5) is 21.8. The molecule has 0 fully saturated rings. The van der Waals surface area contributed by atoms with Crippen LogP contribution in [0, 0.1) is 5.92 Å². The van der Waals surface area contributed by atoms with E-state index in [1.165, 1.54) is 16.7 Å². The van der Waals surface area contributed by atoms with Crippen LogP contribution in [0.2, 0.25) is 0 Å². The first-order chi connectivity index (χ1) is 17.2. The van der Waals surface area contributed by atoms with Crippen LogP contribution in [0.4, 0.5) is 5.69 Å². The first-order valence-electron chi connectivity index (χ1n) is 12.6. The molecule has 1 aromatic carbocycles. The van der Waals surface area contributed by atoms with Gasteiger partial charge in [0, 0.05) is 6.21 Å². The van der Waals surface area contributed by atoms with Gasteiger partial charge in [0.05, 0.1) is 29.7 Å².